The molecule has 0 spiro atoms. The fourth-order valence-electron chi connectivity index (χ4n) is 0.422. The van der Waals surface area contributed by atoms with Crippen LogP contribution in [0.2, 0.25) is 0 Å². The molecule has 0 aromatic carbocycles. The summed E-state index contributed by atoms with van der Waals surface area (Å²) in [5.41, 5.74) is 5.38. The van der Waals surface area contributed by atoms with E-state index < -0.39 is 5.97 Å². The summed E-state index contributed by atoms with van der Waals surface area (Å²) in [6, 6.07) is 0. The SMILES string of the molecule is C=C(CCCN)C(=O)O. The van der Waals surface area contributed by atoms with Crippen LogP contribution in [0.1, 0.15) is 12.8 Å². The molecule has 52 valence electrons. The van der Waals surface area contributed by atoms with Gasteiger partial charge in [-0.1, -0.05) is 6.58 Å². The lowest BCUT2D eigenvalue weighted by molar-refractivity contribution is -0.132. The van der Waals surface area contributed by atoms with Gasteiger partial charge in [0, 0.05) is 5.57 Å². The van der Waals surface area contributed by atoms with E-state index in [-0.39, 0.29) is 5.57 Å². The summed E-state index contributed by atoms with van der Waals surface area (Å²) in [5.74, 6) is -0.927. The first-order chi connectivity index (χ1) is 4.18. The van der Waals surface area contributed by atoms with E-state index in [0.29, 0.717) is 19.4 Å². The molecular weight excluding hydrogens is 118 g/mol. The molecule has 3 heteroatoms. The number of carboxylic acid groups (broad SMARTS) is 1. The smallest absolute Gasteiger partial charge is 0.330 e. The zero-order valence-corrected chi connectivity index (χ0v) is 5.26. The molecule has 0 radical (unpaired) electrons. The minimum absolute atomic E-state index is 0.237. The van der Waals surface area contributed by atoms with E-state index in [1.165, 1.54) is 0 Å². The van der Waals surface area contributed by atoms with Gasteiger partial charge < -0.3 is 10.8 Å². The fraction of sp³-hybridized carbons (Fsp3) is 0.500. The second kappa shape index (κ2) is 4.09. The van der Waals surface area contributed by atoms with Crippen molar-refractivity contribution < 1.29 is 9.90 Å². The molecule has 0 aromatic heterocycles. The van der Waals surface area contributed by atoms with Gasteiger partial charge in [0.05, 0.1) is 0 Å². The topological polar surface area (TPSA) is 63.3 Å². The average Bonchev–Trinajstić information content (AvgIpc) is 1.82. The Bertz CT molecular complexity index is 120. The summed E-state index contributed by atoms with van der Waals surface area (Å²) in [6.07, 6.45) is 1.19. The van der Waals surface area contributed by atoms with Crippen LogP contribution in [0.5, 0.6) is 0 Å². The van der Waals surface area contributed by atoms with E-state index in [1.54, 1.807) is 0 Å². The summed E-state index contributed by atoms with van der Waals surface area (Å²) in [7, 11) is 0. The number of carbonyl (C=O) groups is 1. The van der Waals surface area contributed by atoms with Gasteiger partial charge in [0.1, 0.15) is 0 Å². The molecule has 0 aliphatic carbocycles. The van der Waals surface area contributed by atoms with Crippen LogP contribution in [0.15, 0.2) is 12.2 Å². The number of hydrogen-bond donors (Lipinski definition) is 2. The van der Waals surface area contributed by atoms with Crippen molar-refractivity contribution in [1.29, 1.82) is 0 Å². The summed E-state index contributed by atoms with van der Waals surface area (Å²) in [5, 5.41) is 8.27. The molecule has 0 amide bonds. The third-order valence-corrected chi connectivity index (χ3v) is 0.985. The molecule has 0 rings (SSSR count). The minimum atomic E-state index is -0.927. The van der Waals surface area contributed by atoms with Crippen molar-refractivity contribution in [3.8, 4) is 0 Å². The Balaban J connectivity index is 3.39. The van der Waals surface area contributed by atoms with Gasteiger partial charge in [0.2, 0.25) is 0 Å². The van der Waals surface area contributed by atoms with Crippen LogP contribution in [0, 0.1) is 0 Å². The van der Waals surface area contributed by atoms with Gasteiger partial charge in [-0.3, -0.25) is 0 Å². The van der Waals surface area contributed by atoms with Crippen molar-refractivity contribution >= 4 is 5.97 Å². The van der Waals surface area contributed by atoms with Gasteiger partial charge in [0.25, 0.3) is 0 Å². The molecule has 0 saturated carbocycles. The summed E-state index contributed by atoms with van der Waals surface area (Å²) < 4.78 is 0. The van der Waals surface area contributed by atoms with Crippen molar-refractivity contribution in [3.63, 3.8) is 0 Å². The maximum absolute atomic E-state index is 10.1. The highest BCUT2D eigenvalue weighted by Crippen LogP contribution is 1.99. The van der Waals surface area contributed by atoms with E-state index in [4.69, 9.17) is 10.8 Å². The first kappa shape index (κ1) is 8.17. The molecule has 3 N–H and O–H groups in total. The van der Waals surface area contributed by atoms with Crippen molar-refractivity contribution in [3.05, 3.63) is 12.2 Å². The number of nitrogens with two attached hydrogens (primary N) is 1. The van der Waals surface area contributed by atoms with Crippen LogP contribution in [-0.2, 0) is 4.79 Å². The third kappa shape index (κ3) is 3.73. The van der Waals surface area contributed by atoms with Crippen LogP contribution in [0.4, 0.5) is 0 Å². The molecule has 0 aliphatic heterocycles. The maximum atomic E-state index is 10.1. The normalized spacial score (nSPS) is 9.00. The Morgan fingerprint density at radius 1 is 1.67 bits per heavy atom. The zero-order chi connectivity index (χ0) is 7.28. The Kier molecular flexibility index (Phi) is 3.71. The molecular formula is C6H11NO2. The predicted molar refractivity (Wildman–Crippen MR) is 35.1 cm³/mol. The number of hydrogen-bond acceptors (Lipinski definition) is 2. The molecule has 0 saturated heterocycles. The van der Waals surface area contributed by atoms with Gasteiger partial charge in [-0.25, -0.2) is 4.79 Å². The first-order valence-electron chi connectivity index (χ1n) is 2.79. The van der Waals surface area contributed by atoms with E-state index in [1.807, 2.05) is 0 Å². The molecule has 0 atom stereocenters. The van der Waals surface area contributed by atoms with Crippen LogP contribution in [0.25, 0.3) is 0 Å². The molecule has 9 heavy (non-hydrogen) atoms. The molecule has 0 aromatic rings. The quantitative estimate of drug-likeness (QED) is 0.539. The standard InChI is InChI=1S/C6H11NO2/c1-5(6(8)9)3-2-4-7/h1-4,7H2,(H,8,9). The van der Waals surface area contributed by atoms with Gasteiger partial charge in [-0.05, 0) is 19.4 Å². The second-order valence-electron chi connectivity index (χ2n) is 1.80. The van der Waals surface area contributed by atoms with Crippen LogP contribution < -0.4 is 5.73 Å². The van der Waals surface area contributed by atoms with Crippen molar-refractivity contribution in [2.75, 3.05) is 6.54 Å². The highest BCUT2D eigenvalue weighted by Gasteiger charge is 2.00. The zero-order valence-electron chi connectivity index (χ0n) is 5.26. The van der Waals surface area contributed by atoms with Crippen LogP contribution in [0.3, 0.4) is 0 Å². The van der Waals surface area contributed by atoms with Gasteiger partial charge in [-0.15, -0.1) is 0 Å². The summed E-state index contributed by atoms with van der Waals surface area (Å²) >= 11 is 0. The first-order valence-corrected chi connectivity index (χ1v) is 2.79. The van der Waals surface area contributed by atoms with E-state index >= 15 is 0 Å². The lowest BCUT2D eigenvalue weighted by Crippen LogP contribution is -2.03. The minimum Gasteiger partial charge on any atom is -0.478 e. The molecule has 3 nitrogen and oxygen atoms in total. The summed E-state index contributed by atoms with van der Waals surface area (Å²) in [4.78, 5) is 10.1. The Hall–Kier alpha value is -0.830. The second-order valence-corrected chi connectivity index (χ2v) is 1.80. The predicted octanol–water partition coefficient (Wildman–Crippen LogP) is 0.366. The molecule has 0 fully saturated rings. The number of carboxylic acids is 1. The largest absolute Gasteiger partial charge is 0.478 e. The number of aliphatic carboxylic acids is 1. The Labute approximate surface area is 54.2 Å². The van der Waals surface area contributed by atoms with Crippen molar-refractivity contribution in [2.24, 2.45) is 5.73 Å². The average molecular weight is 129 g/mol. The molecule has 0 bridgehead atoms. The van der Waals surface area contributed by atoms with E-state index in [0.717, 1.165) is 0 Å². The molecule has 0 unspecified atom stereocenters. The van der Waals surface area contributed by atoms with Crippen LogP contribution in [-0.4, -0.2) is 17.6 Å². The fourth-order valence-corrected chi connectivity index (χ4v) is 0.422. The van der Waals surface area contributed by atoms with Crippen molar-refractivity contribution in [2.45, 2.75) is 12.8 Å². The Morgan fingerprint density at radius 3 is 2.56 bits per heavy atom. The highest BCUT2D eigenvalue weighted by atomic mass is 16.4. The Morgan fingerprint density at radius 2 is 2.22 bits per heavy atom. The van der Waals surface area contributed by atoms with Gasteiger partial charge >= 0.3 is 5.97 Å². The monoisotopic (exact) mass is 129 g/mol. The van der Waals surface area contributed by atoms with Crippen molar-refractivity contribution in [1.82, 2.24) is 0 Å². The van der Waals surface area contributed by atoms with Gasteiger partial charge in [-0.2, -0.15) is 0 Å². The molecule has 0 heterocycles. The van der Waals surface area contributed by atoms with Gasteiger partial charge in [0.15, 0.2) is 0 Å². The van der Waals surface area contributed by atoms with Crippen LogP contribution >= 0.6 is 0 Å². The highest BCUT2D eigenvalue weighted by molar-refractivity contribution is 5.85. The lowest BCUT2D eigenvalue weighted by atomic mass is 10.2. The third-order valence-electron chi connectivity index (χ3n) is 0.985. The van der Waals surface area contributed by atoms with E-state index in [9.17, 15) is 4.79 Å². The molecule has 0 aliphatic rings. The lowest BCUT2D eigenvalue weighted by Gasteiger charge is -1.95. The summed E-state index contributed by atoms with van der Waals surface area (Å²) in [6.45, 7) is 3.86. The number of rotatable bonds is 4. The maximum Gasteiger partial charge on any atom is 0.330 e. The van der Waals surface area contributed by atoms with E-state index in [2.05, 4.69) is 6.58 Å².